The Morgan fingerprint density at radius 1 is 1.35 bits per heavy atom. The van der Waals surface area contributed by atoms with Crippen molar-refractivity contribution < 1.29 is 9.53 Å². The summed E-state index contributed by atoms with van der Waals surface area (Å²) in [4.78, 5) is 15.8. The molecule has 1 heterocycles. The number of pyridine rings is 1. The Balaban J connectivity index is 1.79. The van der Waals surface area contributed by atoms with Crippen LogP contribution in [0, 0.1) is 6.92 Å². The molecule has 0 radical (unpaired) electrons. The topological polar surface area (TPSA) is 77.2 Å². The third-order valence-corrected chi connectivity index (χ3v) is 2.70. The zero-order chi connectivity index (χ0) is 14.4. The van der Waals surface area contributed by atoms with Crippen molar-refractivity contribution in [2.75, 3.05) is 18.9 Å². The third-order valence-electron chi connectivity index (χ3n) is 2.70. The number of aryl methyl sites for hydroxylation is 1. The molecule has 1 aromatic heterocycles. The highest BCUT2D eigenvalue weighted by molar-refractivity contribution is 5.93. The molecule has 5 heteroatoms. The number of anilines is 1. The monoisotopic (exact) mass is 271 g/mol. The Kier molecular flexibility index (Phi) is 4.55. The van der Waals surface area contributed by atoms with Crippen molar-refractivity contribution in [2.45, 2.75) is 6.92 Å². The summed E-state index contributed by atoms with van der Waals surface area (Å²) >= 11 is 0. The molecule has 2 rings (SSSR count). The van der Waals surface area contributed by atoms with E-state index in [0.717, 1.165) is 5.56 Å². The molecular formula is C15H17N3O2. The van der Waals surface area contributed by atoms with Crippen LogP contribution < -0.4 is 15.8 Å². The van der Waals surface area contributed by atoms with Gasteiger partial charge in [-0.15, -0.1) is 0 Å². The normalized spacial score (nSPS) is 10.1. The predicted octanol–water partition coefficient (Wildman–Crippen LogP) is 1.78. The Bertz CT molecular complexity index is 599. The summed E-state index contributed by atoms with van der Waals surface area (Å²) in [6.07, 6.45) is 3.25. The summed E-state index contributed by atoms with van der Waals surface area (Å²) in [6.45, 7) is 2.66. The van der Waals surface area contributed by atoms with Gasteiger partial charge < -0.3 is 15.8 Å². The molecule has 0 spiro atoms. The number of nitrogens with one attached hydrogen (secondary N) is 1. The first-order valence-corrected chi connectivity index (χ1v) is 6.34. The number of rotatable bonds is 5. The molecule has 0 bridgehead atoms. The molecule has 0 aliphatic heterocycles. The minimum absolute atomic E-state index is 0.161. The highest BCUT2D eigenvalue weighted by Gasteiger charge is 2.05. The molecule has 5 nitrogen and oxygen atoms in total. The fourth-order valence-electron chi connectivity index (χ4n) is 1.72. The minimum Gasteiger partial charge on any atom is -0.490 e. The summed E-state index contributed by atoms with van der Waals surface area (Å²) in [6, 6.07) is 9.05. The van der Waals surface area contributed by atoms with Crippen LogP contribution in [0.15, 0.2) is 42.7 Å². The lowest BCUT2D eigenvalue weighted by Crippen LogP contribution is -2.28. The average Bonchev–Trinajstić information content (AvgIpc) is 2.45. The molecule has 0 unspecified atom stereocenters. The Hall–Kier alpha value is -2.56. The van der Waals surface area contributed by atoms with Crippen molar-refractivity contribution in [2.24, 2.45) is 0 Å². The zero-order valence-electron chi connectivity index (χ0n) is 11.3. The molecule has 2 aromatic rings. The van der Waals surface area contributed by atoms with Crippen LogP contribution in [0.2, 0.25) is 0 Å². The summed E-state index contributed by atoms with van der Waals surface area (Å²) in [5, 5.41) is 2.77. The van der Waals surface area contributed by atoms with Gasteiger partial charge in [0.15, 0.2) is 0 Å². The molecule has 0 atom stereocenters. The van der Waals surface area contributed by atoms with E-state index < -0.39 is 0 Å². The van der Waals surface area contributed by atoms with E-state index in [1.165, 1.54) is 0 Å². The molecule has 20 heavy (non-hydrogen) atoms. The maximum absolute atomic E-state index is 11.8. The molecule has 1 amide bonds. The highest BCUT2D eigenvalue weighted by Crippen LogP contribution is 2.19. The molecule has 3 N–H and O–H groups in total. The van der Waals surface area contributed by atoms with E-state index in [-0.39, 0.29) is 5.91 Å². The Labute approximate surface area is 117 Å². The van der Waals surface area contributed by atoms with Gasteiger partial charge in [-0.3, -0.25) is 9.78 Å². The number of aromatic nitrogens is 1. The molecule has 1 aromatic carbocycles. The third kappa shape index (κ3) is 3.71. The molecule has 0 saturated carbocycles. The van der Waals surface area contributed by atoms with Crippen LogP contribution in [0.1, 0.15) is 15.9 Å². The number of amides is 1. The Morgan fingerprint density at radius 3 is 2.90 bits per heavy atom. The number of ether oxygens (including phenoxy) is 1. The van der Waals surface area contributed by atoms with Crippen LogP contribution in [0.5, 0.6) is 5.75 Å². The smallest absolute Gasteiger partial charge is 0.252 e. The summed E-state index contributed by atoms with van der Waals surface area (Å²) in [5.74, 6) is 0.463. The first-order chi connectivity index (χ1) is 9.66. The lowest BCUT2D eigenvalue weighted by Gasteiger charge is -2.09. The number of carbonyl (C=O) groups is 1. The van der Waals surface area contributed by atoms with Crippen molar-refractivity contribution in [3.8, 4) is 5.75 Å². The molecule has 0 fully saturated rings. The summed E-state index contributed by atoms with van der Waals surface area (Å²) in [5.41, 5.74) is 7.83. The minimum atomic E-state index is -0.161. The van der Waals surface area contributed by atoms with Gasteiger partial charge in [0, 0.05) is 12.4 Å². The van der Waals surface area contributed by atoms with E-state index in [0.29, 0.717) is 30.2 Å². The summed E-state index contributed by atoms with van der Waals surface area (Å²) < 4.78 is 5.49. The van der Waals surface area contributed by atoms with Gasteiger partial charge in [0.05, 0.1) is 17.8 Å². The van der Waals surface area contributed by atoms with Gasteiger partial charge in [-0.05, 0) is 30.7 Å². The number of carbonyl (C=O) groups excluding carboxylic acids is 1. The molecular weight excluding hydrogens is 254 g/mol. The van der Waals surface area contributed by atoms with E-state index in [2.05, 4.69) is 10.3 Å². The summed E-state index contributed by atoms with van der Waals surface area (Å²) in [7, 11) is 0. The van der Waals surface area contributed by atoms with Crippen LogP contribution in [-0.2, 0) is 0 Å². The van der Waals surface area contributed by atoms with Crippen molar-refractivity contribution >= 4 is 11.6 Å². The standard InChI is InChI=1S/C15H17N3O2/c1-11-8-12(10-17-9-11)15(19)18-6-7-20-14-5-3-2-4-13(14)16/h2-5,8-10H,6-7,16H2,1H3,(H,18,19). The van der Waals surface area contributed by atoms with Gasteiger partial charge in [-0.1, -0.05) is 12.1 Å². The fourth-order valence-corrected chi connectivity index (χ4v) is 1.72. The van der Waals surface area contributed by atoms with Gasteiger partial charge >= 0.3 is 0 Å². The molecule has 0 aliphatic carbocycles. The first-order valence-electron chi connectivity index (χ1n) is 6.34. The second-order valence-corrected chi connectivity index (χ2v) is 4.39. The maximum Gasteiger partial charge on any atom is 0.252 e. The number of hydrogen-bond acceptors (Lipinski definition) is 4. The van der Waals surface area contributed by atoms with Crippen molar-refractivity contribution in [3.05, 3.63) is 53.9 Å². The van der Waals surface area contributed by atoms with E-state index in [1.807, 2.05) is 19.1 Å². The van der Waals surface area contributed by atoms with Gasteiger partial charge in [0.25, 0.3) is 5.91 Å². The maximum atomic E-state index is 11.8. The average molecular weight is 271 g/mol. The lowest BCUT2D eigenvalue weighted by atomic mass is 10.2. The van der Waals surface area contributed by atoms with Crippen LogP contribution in [0.3, 0.4) is 0 Å². The Morgan fingerprint density at radius 2 is 2.15 bits per heavy atom. The molecule has 0 aliphatic rings. The number of nitrogens with two attached hydrogens (primary N) is 1. The SMILES string of the molecule is Cc1cncc(C(=O)NCCOc2ccccc2N)c1. The number of nitrogen functional groups attached to an aromatic ring is 1. The van der Waals surface area contributed by atoms with Crippen LogP contribution >= 0.6 is 0 Å². The fraction of sp³-hybridized carbons (Fsp3) is 0.200. The van der Waals surface area contributed by atoms with E-state index in [9.17, 15) is 4.79 Å². The van der Waals surface area contributed by atoms with Crippen LogP contribution in [-0.4, -0.2) is 24.0 Å². The van der Waals surface area contributed by atoms with E-state index in [1.54, 1.807) is 30.6 Å². The largest absolute Gasteiger partial charge is 0.490 e. The molecule has 104 valence electrons. The van der Waals surface area contributed by atoms with Crippen molar-refractivity contribution in [1.29, 1.82) is 0 Å². The van der Waals surface area contributed by atoms with Gasteiger partial charge in [0.1, 0.15) is 12.4 Å². The van der Waals surface area contributed by atoms with E-state index >= 15 is 0 Å². The van der Waals surface area contributed by atoms with Gasteiger partial charge in [-0.2, -0.15) is 0 Å². The number of nitrogens with zero attached hydrogens (tertiary/aromatic N) is 1. The highest BCUT2D eigenvalue weighted by atomic mass is 16.5. The number of benzene rings is 1. The second-order valence-electron chi connectivity index (χ2n) is 4.39. The van der Waals surface area contributed by atoms with Gasteiger partial charge in [0.2, 0.25) is 0 Å². The van der Waals surface area contributed by atoms with Gasteiger partial charge in [-0.25, -0.2) is 0 Å². The first kappa shape index (κ1) is 13.9. The predicted molar refractivity (Wildman–Crippen MR) is 77.7 cm³/mol. The quantitative estimate of drug-likeness (QED) is 0.642. The van der Waals surface area contributed by atoms with E-state index in [4.69, 9.17) is 10.5 Å². The zero-order valence-corrected chi connectivity index (χ0v) is 11.3. The number of hydrogen-bond donors (Lipinski definition) is 2. The number of para-hydroxylation sites is 2. The molecule has 0 saturated heterocycles. The van der Waals surface area contributed by atoms with Crippen LogP contribution in [0.25, 0.3) is 0 Å². The van der Waals surface area contributed by atoms with Crippen LogP contribution in [0.4, 0.5) is 5.69 Å². The van der Waals surface area contributed by atoms with Crippen molar-refractivity contribution in [1.82, 2.24) is 10.3 Å². The lowest BCUT2D eigenvalue weighted by molar-refractivity contribution is 0.0946. The van der Waals surface area contributed by atoms with Crippen molar-refractivity contribution in [3.63, 3.8) is 0 Å². The second kappa shape index (κ2) is 6.56.